The number of carbonyl (C=O) groups is 1. The Morgan fingerprint density at radius 2 is 1.50 bits per heavy atom. The monoisotopic (exact) mass is 350 g/mol. The zero-order valence-corrected chi connectivity index (χ0v) is 16.6. The van der Waals surface area contributed by atoms with Crippen molar-refractivity contribution in [3.8, 4) is 0 Å². The van der Waals surface area contributed by atoms with Crippen molar-refractivity contribution in [3.05, 3.63) is 70.8 Å². The van der Waals surface area contributed by atoms with E-state index in [2.05, 4.69) is 74.6 Å². The molecule has 0 aromatic heterocycles. The predicted octanol–water partition coefficient (Wildman–Crippen LogP) is 4.18. The Labute approximate surface area is 157 Å². The maximum Gasteiger partial charge on any atom is 0.244 e. The van der Waals surface area contributed by atoms with Crippen LogP contribution >= 0.6 is 0 Å². The molecular weight excluding hydrogens is 320 g/mol. The van der Waals surface area contributed by atoms with Gasteiger partial charge >= 0.3 is 0 Å². The third kappa shape index (κ3) is 3.41. The molecule has 1 N–H and O–H groups in total. The fourth-order valence-corrected chi connectivity index (χ4v) is 3.88. The van der Waals surface area contributed by atoms with E-state index in [0.717, 1.165) is 18.4 Å². The van der Waals surface area contributed by atoms with Gasteiger partial charge in [-0.1, -0.05) is 61.0 Å². The van der Waals surface area contributed by atoms with Crippen LogP contribution in [0.2, 0.25) is 0 Å². The van der Waals surface area contributed by atoms with Crippen molar-refractivity contribution in [2.75, 3.05) is 6.54 Å². The first-order chi connectivity index (χ1) is 12.3. The van der Waals surface area contributed by atoms with Crippen LogP contribution in [-0.4, -0.2) is 22.9 Å². The molecular formula is C23H30N2O. The minimum Gasteiger partial charge on any atom is -0.319 e. The first-order valence-corrected chi connectivity index (χ1v) is 9.52. The molecule has 3 nitrogen and oxygen atoms in total. The lowest BCUT2D eigenvalue weighted by atomic mass is 9.98. The Bertz CT molecular complexity index is 777. The third-order valence-electron chi connectivity index (χ3n) is 5.54. The maximum absolute atomic E-state index is 13.1. The van der Waals surface area contributed by atoms with Gasteiger partial charge in [0.15, 0.2) is 0 Å². The quantitative estimate of drug-likeness (QED) is 0.877. The highest BCUT2D eigenvalue weighted by Crippen LogP contribution is 2.36. The fraction of sp³-hybridized carbons (Fsp3) is 0.435. The summed E-state index contributed by atoms with van der Waals surface area (Å²) in [5.41, 5.74) is 3.92. The largest absolute Gasteiger partial charge is 0.319 e. The standard InChI is InChI=1S/C23H30N2O/c1-6-18-9-11-19(12-10-18)15-16-25-21(26)22(3,4)24-23(25,5)20-13-7-17(2)8-14-20/h7-14,24H,6,15-16H2,1-5H3. The van der Waals surface area contributed by atoms with E-state index in [0.29, 0.717) is 6.54 Å². The van der Waals surface area contributed by atoms with Crippen LogP contribution < -0.4 is 5.32 Å². The number of nitrogens with one attached hydrogen (secondary N) is 1. The summed E-state index contributed by atoms with van der Waals surface area (Å²) in [6.45, 7) is 11.0. The van der Waals surface area contributed by atoms with Gasteiger partial charge in [0.25, 0.3) is 0 Å². The number of aryl methyl sites for hydroxylation is 2. The molecule has 0 spiro atoms. The van der Waals surface area contributed by atoms with Crippen molar-refractivity contribution in [3.63, 3.8) is 0 Å². The van der Waals surface area contributed by atoms with E-state index in [9.17, 15) is 4.79 Å². The summed E-state index contributed by atoms with van der Waals surface area (Å²) in [7, 11) is 0. The molecule has 1 aliphatic rings. The number of carbonyl (C=O) groups excluding carboxylic acids is 1. The molecule has 26 heavy (non-hydrogen) atoms. The SMILES string of the molecule is CCc1ccc(CCN2C(=O)C(C)(C)NC2(C)c2ccc(C)cc2)cc1. The van der Waals surface area contributed by atoms with Crippen LogP contribution in [0.5, 0.6) is 0 Å². The number of nitrogens with zero attached hydrogens (tertiary/aromatic N) is 1. The van der Waals surface area contributed by atoms with Crippen LogP contribution in [-0.2, 0) is 23.3 Å². The molecule has 3 heteroatoms. The normalized spacial score (nSPS) is 22.0. The van der Waals surface area contributed by atoms with Crippen molar-refractivity contribution >= 4 is 5.91 Å². The van der Waals surface area contributed by atoms with Crippen LogP contribution in [0.1, 0.15) is 49.9 Å². The van der Waals surface area contributed by atoms with Crippen molar-refractivity contribution in [2.45, 2.75) is 58.7 Å². The van der Waals surface area contributed by atoms with Crippen molar-refractivity contribution in [2.24, 2.45) is 0 Å². The summed E-state index contributed by atoms with van der Waals surface area (Å²) in [6, 6.07) is 17.2. The average Bonchev–Trinajstić information content (AvgIpc) is 2.79. The van der Waals surface area contributed by atoms with Gasteiger partial charge in [-0.2, -0.15) is 0 Å². The smallest absolute Gasteiger partial charge is 0.244 e. The number of rotatable bonds is 5. The predicted molar refractivity (Wildman–Crippen MR) is 107 cm³/mol. The fourth-order valence-electron chi connectivity index (χ4n) is 3.88. The maximum atomic E-state index is 13.1. The van der Waals surface area contributed by atoms with Crippen LogP contribution in [0.15, 0.2) is 48.5 Å². The molecule has 3 rings (SSSR count). The van der Waals surface area contributed by atoms with Crippen molar-refractivity contribution in [1.82, 2.24) is 10.2 Å². The Morgan fingerprint density at radius 3 is 2.08 bits per heavy atom. The Balaban J connectivity index is 1.85. The van der Waals surface area contributed by atoms with Gasteiger partial charge in [-0.05, 0) is 57.2 Å². The summed E-state index contributed by atoms with van der Waals surface area (Å²) in [4.78, 5) is 15.1. The molecule has 0 aliphatic carbocycles. The van der Waals surface area contributed by atoms with E-state index in [-0.39, 0.29) is 5.91 Å². The van der Waals surface area contributed by atoms with Crippen molar-refractivity contribution in [1.29, 1.82) is 0 Å². The summed E-state index contributed by atoms with van der Waals surface area (Å²) in [6.07, 6.45) is 1.91. The van der Waals surface area contributed by atoms with E-state index in [1.165, 1.54) is 16.7 Å². The summed E-state index contributed by atoms with van der Waals surface area (Å²) < 4.78 is 0. The van der Waals surface area contributed by atoms with Gasteiger partial charge in [-0.3, -0.25) is 10.1 Å². The lowest BCUT2D eigenvalue weighted by molar-refractivity contribution is -0.134. The van der Waals surface area contributed by atoms with Crippen LogP contribution in [0.4, 0.5) is 0 Å². The van der Waals surface area contributed by atoms with E-state index < -0.39 is 11.2 Å². The lowest BCUT2D eigenvalue weighted by Gasteiger charge is -2.36. The average molecular weight is 351 g/mol. The first kappa shape index (κ1) is 18.7. The van der Waals surface area contributed by atoms with Gasteiger partial charge in [-0.25, -0.2) is 0 Å². The minimum atomic E-state index is -0.564. The number of amides is 1. The zero-order chi connectivity index (χ0) is 18.9. The zero-order valence-electron chi connectivity index (χ0n) is 16.6. The van der Waals surface area contributed by atoms with Crippen LogP contribution in [0.25, 0.3) is 0 Å². The second-order valence-electron chi connectivity index (χ2n) is 8.07. The molecule has 1 heterocycles. The van der Waals surface area contributed by atoms with E-state index >= 15 is 0 Å². The van der Waals surface area contributed by atoms with Crippen LogP contribution in [0, 0.1) is 6.92 Å². The number of hydrogen-bond acceptors (Lipinski definition) is 2. The highest BCUT2D eigenvalue weighted by Gasteiger charge is 2.52. The molecule has 1 amide bonds. The van der Waals surface area contributed by atoms with Gasteiger partial charge in [0, 0.05) is 6.54 Å². The Kier molecular flexibility index (Phi) is 4.94. The van der Waals surface area contributed by atoms with E-state index in [4.69, 9.17) is 0 Å². The van der Waals surface area contributed by atoms with Gasteiger partial charge in [0.2, 0.25) is 5.91 Å². The number of benzene rings is 2. The summed E-state index contributed by atoms with van der Waals surface area (Å²) in [5.74, 6) is 0.158. The molecule has 138 valence electrons. The second-order valence-corrected chi connectivity index (χ2v) is 8.07. The van der Waals surface area contributed by atoms with Gasteiger partial charge in [0.1, 0.15) is 5.66 Å². The lowest BCUT2D eigenvalue weighted by Crippen LogP contribution is -2.49. The Hall–Kier alpha value is -2.13. The highest BCUT2D eigenvalue weighted by atomic mass is 16.2. The van der Waals surface area contributed by atoms with Gasteiger partial charge in [-0.15, -0.1) is 0 Å². The molecule has 1 atom stereocenters. The highest BCUT2D eigenvalue weighted by molar-refractivity contribution is 5.89. The van der Waals surface area contributed by atoms with E-state index in [1.54, 1.807) is 0 Å². The molecule has 1 fully saturated rings. The minimum absolute atomic E-state index is 0.158. The number of hydrogen-bond donors (Lipinski definition) is 1. The van der Waals surface area contributed by atoms with Gasteiger partial charge in [0.05, 0.1) is 5.54 Å². The second kappa shape index (κ2) is 6.88. The summed E-state index contributed by atoms with van der Waals surface area (Å²) >= 11 is 0. The van der Waals surface area contributed by atoms with E-state index in [1.807, 2.05) is 18.7 Å². The summed E-state index contributed by atoms with van der Waals surface area (Å²) in [5, 5.41) is 3.57. The van der Waals surface area contributed by atoms with Crippen LogP contribution in [0.3, 0.4) is 0 Å². The molecule has 1 saturated heterocycles. The molecule has 0 bridgehead atoms. The first-order valence-electron chi connectivity index (χ1n) is 9.52. The molecule has 1 aliphatic heterocycles. The van der Waals surface area contributed by atoms with Crippen molar-refractivity contribution < 1.29 is 4.79 Å². The topological polar surface area (TPSA) is 32.3 Å². The van der Waals surface area contributed by atoms with Gasteiger partial charge < -0.3 is 4.90 Å². The molecule has 0 saturated carbocycles. The third-order valence-corrected chi connectivity index (χ3v) is 5.54. The molecule has 2 aromatic carbocycles. The molecule has 1 unspecified atom stereocenters. The molecule has 2 aromatic rings. The Morgan fingerprint density at radius 1 is 0.923 bits per heavy atom. The molecule has 0 radical (unpaired) electrons.